The first-order valence-corrected chi connectivity index (χ1v) is 6.22. The molecule has 106 valence electrons. The third-order valence-corrected chi connectivity index (χ3v) is 2.85. The number of hydrogen-bond acceptors (Lipinski definition) is 6. The largest absolute Gasteiger partial charge is 0.409 e. The molecule has 7 heteroatoms. The minimum atomic E-state index is -0.0530. The second-order valence-corrected chi connectivity index (χ2v) is 4.57. The zero-order chi connectivity index (χ0) is 14.4. The maximum absolute atomic E-state index is 8.69. The molecule has 0 aromatic carbocycles. The van der Waals surface area contributed by atoms with Crippen LogP contribution in [0.15, 0.2) is 17.4 Å². The van der Waals surface area contributed by atoms with E-state index in [0.29, 0.717) is 12.5 Å². The van der Waals surface area contributed by atoms with Gasteiger partial charge in [-0.1, -0.05) is 12.1 Å². The second kappa shape index (κ2) is 6.77. The summed E-state index contributed by atoms with van der Waals surface area (Å²) in [6, 6.07) is 1.86. The number of amidine groups is 1. The van der Waals surface area contributed by atoms with Crippen molar-refractivity contribution in [2.75, 3.05) is 37.0 Å². The van der Waals surface area contributed by atoms with Crippen LogP contribution in [0.3, 0.4) is 0 Å². The zero-order valence-electron chi connectivity index (χ0n) is 11.9. The first kappa shape index (κ1) is 15.0. The summed E-state index contributed by atoms with van der Waals surface area (Å²) >= 11 is 0. The van der Waals surface area contributed by atoms with E-state index in [9.17, 15) is 0 Å². The van der Waals surface area contributed by atoms with Crippen LogP contribution < -0.4 is 15.5 Å². The third-order valence-electron chi connectivity index (χ3n) is 2.85. The van der Waals surface area contributed by atoms with Gasteiger partial charge in [0.2, 0.25) is 5.95 Å². The fourth-order valence-corrected chi connectivity index (χ4v) is 1.64. The number of hydrogen-bond donors (Lipinski definition) is 2. The van der Waals surface area contributed by atoms with Gasteiger partial charge in [0.05, 0.1) is 0 Å². The van der Waals surface area contributed by atoms with Gasteiger partial charge in [0, 0.05) is 39.3 Å². The van der Waals surface area contributed by atoms with E-state index < -0.39 is 0 Å². The van der Waals surface area contributed by atoms with Crippen molar-refractivity contribution in [3.63, 3.8) is 0 Å². The van der Waals surface area contributed by atoms with E-state index in [1.165, 1.54) is 0 Å². The van der Waals surface area contributed by atoms with Crippen molar-refractivity contribution in [2.24, 2.45) is 16.8 Å². The van der Waals surface area contributed by atoms with Crippen molar-refractivity contribution in [3.05, 3.63) is 12.3 Å². The molecule has 0 amide bonds. The lowest BCUT2D eigenvalue weighted by Gasteiger charge is -2.25. The number of nitrogens with two attached hydrogens (primary N) is 1. The van der Waals surface area contributed by atoms with Gasteiger partial charge in [-0.25, -0.2) is 4.98 Å². The van der Waals surface area contributed by atoms with Crippen LogP contribution in [0.4, 0.5) is 11.8 Å². The van der Waals surface area contributed by atoms with Crippen molar-refractivity contribution in [2.45, 2.75) is 13.8 Å². The predicted octanol–water partition coefficient (Wildman–Crippen LogP) is 0.751. The highest BCUT2D eigenvalue weighted by Gasteiger charge is 2.15. The Morgan fingerprint density at radius 2 is 2.21 bits per heavy atom. The minimum absolute atomic E-state index is 0.0530. The molecule has 0 aliphatic carbocycles. The molecule has 0 aliphatic rings. The van der Waals surface area contributed by atoms with Crippen LogP contribution in [0.25, 0.3) is 0 Å². The van der Waals surface area contributed by atoms with E-state index in [4.69, 9.17) is 10.9 Å². The summed E-state index contributed by atoms with van der Waals surface area (Å²) in [6.07, 6.45) is 1.73. The number of rotatable bonds is 6. The second-order valence-electron chi connectivity index (χ2n) is 4.57. The van der Waals surface area contributed by atoms with Crippen LogP contribution in [-0.2, 0) is 0 Å². The minimum Gasteiger partial charge on any atom is -0.409 e. The molecule has 1 rings (SSSR count). The van der Waals surface area contributed by atoms with Crippen LogP contribution in [0.2, 0.25) is 0 Å². The molecule has 1 atom stereocenters. The maximum atomic E-state index is 8.69. The van der Waals surface area contributed by atoms with Crippen molar-refractivity contribution >= 4 is 17.6 Å². The van der Waals surface area contributed by atoms with Gasteiger partial charge >= 0.3 is 0 Å². The molecule has 0 spiro atoms. The smallest absolute Gasteiger partial charge is 0.226 e. The number of oxime groups is 1. The Morgan fingerprint density at radius 1 is 1.53 bits per heavy atom. The van der Waals surface area contributed by atoms with Crippen LogP contribution in [0, 0.1) is 5.92 Å². The molecular weight excluding hydrogens is 244 g/mol. The predicted molar refractivity (Wildman–Crippen MR) is 76.8 cm³/mol. The van der Waals surface area contributed by atoms with E-state index in [1.54, 1.807) is 6.20 Å². The van der Waals surface area contributed by atoms with Gasteiger partial charge in [-0.2, -0.15) is 4.98 Å². The number of aromatic nitrogens is 2. The first-order chi connectivity index (χ1) is 8.99. The molecule has 1 heterocycles. The molecule has 1 unspecified atom stereocenters. The third kappa shape index (κ3) is 3.97. The highest BCUT2D eigenvalue weighted by molar-refractivity contribution is 5.82. The zero-order valence-corrected chi connectivity index (χ0v) is 11.9. The van der Waals surface area contributed by atoms with E-state index in [1.807, 2.05) is 38.9 Å². The van der Waals surface area contributed by atoms with Gasteiger partial charge in [0.1, 0.15) is 11.7 Å². The fraction of sp³-hybridized carbons (Fsp3) is 0.583. The van der Waals surface area contributed by atoms with Crippen molar-refractivity contribution in [1.29, 1.82) is 0 Å². The number of anilines is 2. The molecule has 0 saturated carbocycles. The first-order valence-electron chi connectivity index (χ1n) is 6.22. The quantitative estimate of drug-likeness (QED) is 0.342. The summed E-state index contributed by atoms with van der Waals surface area (Å²) in [5.74, 6) is 1.66. The van der Waals surface area contributed by atoms with Crippen molar-refractivity contribution in [1.82, 2.24) is 9.97 Å². The van der Waals surface area contributed by atoms with Crippen molar-refractivity contribution in [3.8, 4) is 0 Å². The van der Waals surface area contributed by atoms with Crippen LogP contribution in [0.1, 0.15) is 13.8 Å². The lowest BCUT2D eigenvalue weighted by atomic mass is 10.1. The Hall–Kier alpha value is -2.05. The maximum Gasteiger partial charge on any atom is 0.226 e. The molecule has 19 heavy (non-hydrogen) atoms. The summed E-state index contributed by atoms with van der Waals surface area (Å²) in [5.41, 5.74) is 5.61. The van der Waals surface area contributed by atoms with Gasteiger partial charge in [0.15, 0.2) is 0 Å². The fourth-order valence-electron chi connectivity index (χ4n) is 1.64. The van der Waals surface area contributed by atoms with Gasteiger partial charge in [-0.3, -0.25) is 0 Å². The monoisotopic (exact) mass is 266 g/mol. The van der Waals surface area contributed by atoms with Gasteiger partial charge in [-0.15, -0.1) is 0 Å². The van der Waals surface area contributed by atoms with Crippen molar-refractivity contribution < 1.29 is 5.21 Å². The van der Waals surface area contributed by atoms with Gasteiger partial charge in [0.25, 0.3) is 0 Å². The molecule has 0 saturated heterocycles. The van der Waals surface area contributed by atoms with E-state index in [2.05, 4.69) is 20.0 Å². The lowest BCUT2D eigenvalue weighted by molar-refractivity contribution is 0.314. The summed E-state index contributed by atoms with van der Waals surface area (Å²) in [7, 11) is 3.79. The van der Waals surface area contributed by atoms with E-state index >= 15 is 0 Å². The molecule has 0 aliphatic heterocycles. The normalized spacial score (nSPS) is 13.2. The molecule has 1 aromatic rings. The Bertz CT molecular complexity index is 434. The molecule has 0 fully saturated rings. The summed E-state index contributed by atoms with van der Waals surface area (Å²) in [6.45, 7) is 5.37. The van der Waals surface area contributed by atoms with Gasteiger partial charge < -0.3 is 20.7 Å². The Morgan fingerprint density at radius 3 is 2.74 bits per heavy atom. The summed E-state index contributed by atoms with van der Waals surface area (Å²) in [4.78, 5) is 12.6. The highest BCUT2D eigenvalue weighted by atomic mass is 16.4. The standard InChI is InChI=1S/C12H22N6O/c1-5-18(8-9(2)11(13)16-19)10-6-7-14-12(15-10)17(3)4/h6-7,9,19H,5,8H2,1-4H3,(H2,13,16). The summed E-state index contributed by atoms with van der Waals surface area (Å²) in [5, 5.41) is 11.7. The molecule has 3 N–H and O–H groups in total. The summed E-state index contributed by atoms with van der Waals surface area (Å²) < 4.78 is 0. The Labute approximate surface area is 113 Å². The highest BCUT2D eigenvalue weighted by Crippen LogP contribution is 2.15. The molecule has 1 aromatic heterocycles. The molecule has 7 nitrogen and oxygen atoms in total. The van der Waals surface area contributed by atoms with E-state index in [-0.39, 0.29) is 11.8 Å². The number of nitrogens with zero attached hydrogens (tertiary/aromatic N) is 5. The molecule has 0 bridgehead atoms. The molecular formula is C12H22N6O. The average Bonchev–Trinajstić information content (AvgIpc) is 2.43. The van der Waals surface area contributed by atoms with Crippen LogP contribution >= 0.6 is 0 Å². The molecule has 0 radical (unpaired) electrons. The SMILES string of the molecule is CCN(CC(C)C(N)=NO)c1ccnc(N(C)C)n1. The lowest BCUT2D eigenvalue weighted by Crippen LogP contribution is -2.35. The van der Waals surface area contributed by atoms with Gasteiger partial charge in [-0.05, 0) is 13.0 Å². The van der Waals surface area contributed by atoms with E-state index in [0.717, 1.165) is 12.4 Å². The topological polar surface area (TPSA) is 90.9 Å². The average molecular weight is 266 g/mol. The Kier molecular flexibility index (Phi) is 5.35. The van der Waals surface area contributed by atoms with Crippen LogP contribution in [0.5, 0.6) is 0 Å². The Balaban J connectivity index is 2.88. The van der Waals surface area contributed by atoms with Crippen LogP contribution in [-0.4, -0.2) is 48.2 Å².